The van der Waals surface area contributed by atoms with Crippen molar-refractivity contribution >= 4 is 5.69 Å². The Bertz CT molecular complexity index is 420. The molecule has 0 unspecified atom stereocenters. The molecule has 0 saturated heterocycles. The first-order valence-corrected chi connectivity index (χ1v) is 5.14. The minimum atomic E-state index is -0.141. The largest absolute Gasteiger partial charge is 0.358 e. The molecule has 1 aliphatic heterocycles. The number of hydrogen-bond acceptors (Lipinski definition) is 2. The highest BCUT2D eigenvalue weighted by atomic mass is 19.1. The van der Waals surface area contributed by atoms with Crippen LogP contribution < -0.4 is 4.90 Å². The third-order valence-corrected chi connectivity index (χ3v) is 2.86. The summed E-state index contributed by atoms with van der Waals surface area (Å²) in [7, 11) is 0. The van der Waals surface area contributed by atoms with Gasteiger partial charge in [-0.05, 0) is 31.4 Å². The fraction of sp³-hybridized carbons (Fsp3) is 0.417. The van der Waals surface area contributed by atoms with Crippen LogP contribution in [0.2, 0.25) is 0 Å². The fourth-order valence-electron chi connectivity index (χ4n) is 2.21. The summed E-state index contributed by atoms with van der Waals surface area (Å²) < 4.78 is 13.6. The second-order valence-corrected chi connectivity index (χ2v) is 3.87. The summed E-state index contributed by atoms with van der Waals surface area (Å²) >= 11 is 0. The summed E-state index contributed by atoms with van der Waals surface area (Å²) in [4.78, 5) is 1.97. The van der Waals surface area contributed by atoms with Crippen LogP contribution in [0.1, 0.15) is 17.5 Å². The SMILES string of the molecule is Cc1ccc(F)c2c1N(CC#N)CCC2. The molecule has 1 aromatic rings. The summed E-state index contributed by atoms with van der Waals surface area (Å²) in [5.41, 5.74) is 2.76. The molecule has 3 heteroatoms. The molecule has 1 aromatic carbocycles. The van der Waals surface area contributed by atoms with Crippen LogP contribution in [0, 0.1) is 24.1 Å². The number of fused-ring (bicyclic) bond motifs is 1. The monoisotopic (exact) mass is 204 g/mol. The van der Waals surface area contributed by atoms with Crippen LogP contribution in [0.25, 0.3) is 0 Å². The Hall–Kier alpha value is -1.56. The zero-order valence-corrected chi connectivity index (χ0v) is 8.76. The fourth-order valence-corrected chi connectivity index (χ4v) is 2.21. The summed E-state index contributed by atoms with van der Waals surface area (Å²) in [5.74, 6) is -0.141. The minimum Gasteiger partial charge on any atom is -0.358 e. The molecule has 78 valence electrons. The van der Waals surface area contributed by atoms with Gasteiger partial charge in [0, 0.05) is 17.8 Å². The topological polar surface area (TPSA) is 27.0 Å². The minimum absolute atomic E-state index is 0.141. The molecular weight excluding hydrogens is 191 g/mol. The van der Waals surface area contributed by atoms with E-state index in [0.717, 1.165) is 36.2 Å². The molecule has 15 heavy (non-hydrogen) atoms. The molecule has 1 heterocycles. The molecule has 0 aromatic heterocycles. The highest BCUT2D eigenvalue weighted by Gasteiger charge is 2.21. The molecule has 0 spiro atoms. The molecular formula is C12H13FN2. The van der Waals surface area contributed by atoms with Gasteiger partial charge >= 0.3 is 0 Å². The van der Waals surface area contributed by atoms with Crippen molar-refractivity contribution in [3.63, 3.8) is 0 Å². The van der Waals surface area contributed by atoms with E-state index in [2.05, 4.69) is 6.07 Å². The number of aryl methyl sites for hydroxylation is 1. The van der Waals surface area contributed by atoms with Gasteiger partial charge in [0.1, 0.15) is 12.4 Å². The van der Waals surface area contributed by atoms with E-state index >= 15 is 0 Å². The lowest BCUT2D eigenvalue weighted by Crippen LogP contribution is -2.30. The zero-order valence-electron chi connectivity index (χ0n) is 8.76. The van der Waals surface area contributed by atoms with Crippen LogP contribution in [0.4, 0.5) is 10.1 Å². The Labute approximate surface area is 88.9 Å². The van der Waals surface area contributed by atoms with Crippen LogP contribution in [0.5, 0.6) is 0 Å². The van der Waals surface area contributed by atoms with Gasteiger partial charge < -0.3 is 4.90 Å². The van der Waals surface area contributed by atoms with Gasteiger partial charge in [-0.25, -0.2) is 4.39 Å². The lowest BCUT2D eigenvalue weighted by Gasteiger charge is -2.31. The van der Waals surface area contributed by atoms with E-state index in [-0.39, 0.29) is 5.82 Å². The van der Waals surface area contributed by atoms with Gasteiger partial charge in [0.2, 0.25) is 0 Å². The van der Waals surface area contributed by atoms with E-state index in [1.807, 2.05) is 11.8 Å². The number of nitriles is 1. The maximum atomic E-state index is 13.6. The number of rotatable bonds is 1. The van der Waals surface area contributed by atoms with E-state index in [1.165, 1.54) is 6.07 Å². The Morgan fingerprint density at radius 3 is 3.07 bits per heavy atom. The van der Waals surface area contributed by atoms with Crippen molar-refractivity contribution < 1.29 is 4.39 Å². The third-order valence-electron chi connectivity index (χ3n) is 2.86. The Balaban J connectivity index is 2.50. The van der Waals surface area contributed by atoms with Gasteiger partial charge in [-0.1, -0.05) is 6.07 Å². The quantitative estimate of drug-likeness (QED) is 0.657. The summed E-state index contributed by atoms with van der Waals surface area (Å²) in [6.07, 6.45) is 1.71. The van der Waals surface area contributed by atoms with Gasteiger partial charge in [-0.15, -0.1) is 0 Å². The van der Waals surface area contributed by atoms with Gasteiger partial charge in [0.05, 0.1) is 6.07 Å². The summed E-state index contributed by atoms with van der Waals surface area (Å²) in [6, 6.07) is 5.43. The standard InChI is InChI=1S/C12H13FN2/c1-9-4-5-11(13)10-3-2-7-15(8-6-14)12(9)10/h4-5H,2-3,7-8H2,1H3. The van der Waals surface area contributed by atoms with Crippen molar-refractivity contribution in [2.75, 3.05) is 18.0 Å². The first kappa shape index (κ1) is 9.97. The van der Waals surface area contributed by atoms with Gasteiger partial charge in [0.25, 0.3) is 0 Å². The maximum absolute atomic E-state index is 13.6. The average Bonchev–Trinajstić information content (AvgIpc) is 2.24. The van der Waals surface area contributed by atoms with Crippen molar-refractivity contribution in [2.45, 2.75) is 19.8 Å². The molecule has 0 saturated carbocycles. The second-order valence-electron chi connectivity index (χ2n) is 3.87. The van der Waals surface area contributed by atoms with Crippen molar-refractivity contribution in [3.8, 4) is 6.07 Å². The first-order valence-electron chi connectivity index (χ1n) is 5.14. The molecule has 0 amide bonds. The van der Waals surface area contributed by atoms with Crippen LogP contribution in [-0.2, 0) is 6.42 Å². The predicted octanol–water partition coefficient (Wildman–Crippen LogP) is 2.41. The van der Waals surface area contributed by atoms with Gasteiger partial charge in [-0.2, -0.15) is 5.26 Å². The van der Waals surface area contributed by atoms with Crippen LogP contribution in [-0.4, -0.2) is 13.1 Å². The molecule has 0 fully saturated rings. The number of benzene rings is 1. The second kappa shape index (κ2) is 3.90. The Morgan fingerprint density at radius 2 is 2.33 bits per heavy atom. The van der Waals surface area contributed by atoms with Crippen molar-refractivity contribution in [2.24, 2.45) is 0 Å². The normalized spacial score (nSPS) is 14.6. The van der Waals surface area contributed by atoms with Crippen LogP contribution in [0.3, 0.4) is 0 Å². The average molecular weight is 204 g/mol. The summed E-state index contributed by atoms with van der Waals surface area (Å²) in [5, 5.41) is 8.72. The smallest absolute Gasteiger partial charge is 0.128 e. The molecule has 1 aliphatic rings. The molecule has 2 rings (SSSR count). The van der Waals surface area contributed by atoms with Crippen LogP contribution in [0.15, 0.2) is 12.1 Å². The highest BCUT2D eigenvalue weighted by Crippen LogP contribution is 2.32. The molecule has 2 nitrogen and oxygen atoms in total. The number of hydrogen-bond donors (Lipinski definition) is 0. The molecule has 0 bridgehead atoms. The molecule has 0 aliphatic carbocycles. The van der Waals surface area contributed by atoms with Gasteiger partial charge in [-0.3, -0.25) is 0 Å². The number of nitrogens with zero attached hydrogens (tertiary/aromatic N) is 2. The number of anilines is 1. The Kier molecular flexibility index (Phi) is 2.59. The highest BCUT2D eigenvalue weighted by molar-refractivity contribution is 5.61. The van der Waals surface area contributed by atoms with Crippen LogP contribution >= 0.6 is 0 Å². The summed E-state index contributed by atoms with van der Waals surface area (Å²) in [6.45, 7) is 3.16. The van der Waals surface area contributed by atoms with E-state index in [0.29, 0.717) is 6.54 Å². The van der Waals surface area contributed by atoms with E-state index in [4.69, 9.17) is 5.26 Å². The molecule has 0 N–H and O–H groups in total. The zero-order chi connectivity index (χ0) is 10.8. The lowest BCUT2D eigenvalue weighted by atomic mass is 9.98. The lowest BCUT2D eigenvalue weighted by molar-refractivity contribution is 0.591. The Morgan fingerprint density at radius 1 is 1.53 bits per heavy atom. The van der Waals surface area contributed by atoms with Crippen molar-refractivity contribution in [1.29, 1.82) is 5.26 Å². The van der Waals surface area contributed by atoms with E-state index in [9.17, 15) is 4.39 Å². The predicted molar refractivity (Wildman–Crippen MR) is 57.3 cm³/mol. The van der Waals surface area contributed by atoms with E-state index in [1.54, 1.807) is 6.07 Å². The number of halogens is 1. The van der Waals surface area contributed by atoms with Crippen molar-refractivity contribution in [3.05, 3.63) is 29.1 Å². The van der Waals surface area contributed by atoms with Crippen molar-refractivity contribution in [1.82, 2.24) is 0 Å². The van der Waals surface area contributed by atoms with E-state index < -0.39 is 0 Å². The van der Waals surface area contributed by atoms with Gasteiger partial charge in [0.15, 0.2) is 0 Å². The first-order chi connectivity index (χ1) is 7.24. The maximum Gasteiger partial charge on any atom is 0.128 e. The molecule has 0 atom stereocenters. The third kappa shape index (κ3) is 1.68. The molecule has 0 radical (unpaired) electrons.